The number of amides is 2. The van der Waals surface area contributed by atoms with Gasteiger partial charge in [0.1, 0.15) is 12.3 Å². The maximum absolute atomic E-state index is 13.8. The van der Waals surface area contributed by atoms with Gasteiger partial charge in [-0.3, -0.25) is 9.59 Å². The minimum atomic E-state index is -0.178. The molecule has 1 aliphatic heterocycles. The molecule has 2 heterocycles. The van der Waals surface area contributed by atoms with Crippen molar-refractivity contribution >= 4 is 33.9 Å². The standard InChI is InChI=1S/C30H30N2O3S/c1-20(2)32(30(34)24-9-8-21-6-4-5-7-23(21)18-24)19-28(33)31-16-14-27-26(15-17-36-27)29(31)22-10-12-25(35-3)13-11-22/h4-13,15,17-18,20,29H,14,16,19H2,1-3H3. The van der Waals surface area contributed by atoms with Crippen LogP contribution in [-0.2, 0) is 11.2 Å². The summed E-state index contributed by atoms with van der Waals surface area (Å²) in [5.74, 6) is 0.610. The van der Waals surface area contributed by atoms with E-state index in [0.717, 1.165) is 28.5 Å². The Morgan fingerprint density at radius 1 is 1.03 bits per heavy atom. The Balaban J connectivity index is 1.43. The lowest BCUT2D eigenvalue weighted by atomic mass is 9.93. The van der Waals surface area contributed by atoms with E-state index in [-0.39, 0.29) is 30.4 Å². The fraction of sp³-hybridized carbons (Fsp3) is 0.267. The number of thiophene rings is 1. The Morgan fingerprint density at radius 2 is 1.78 bits per heavy atom. The molecule has 0 saturated carbocycles. The van der Waals surface area contributed by atoms with Crippen molar-refractivity contribution in [2.75, 3.05) is 20.2 Å². The van der Waals surface area contributed by atoms with Crippen molar-refractivity contribution in [2.45, 2.75) is 32.4 Å². The summed E-state index contributed by atoms with van der Waals surface area (Å²) in [6, 6.07) is 23.5. The van der Waals surface area contributed by atoms with Crippen LogP contribution in [0.5, 0.6) is 5.75 Å². The first-order chi connectivity index (χ1) is 17.5. The summed E-state index contributed by atoms with van der Waals surface area (Å²) in [7, 11) is 1.65. The molecule has 184 valence electrons. The van der Waals surface area contributed by atoms with E-state index in [4.69, 9.17) is 4.74 Å². The van der Waals surface area contributed by atoms with Crippen LogP contribution in [0.25, 0.3) is 10.8 Å². The molecule has 0 saturated heterocycles. The molecule has 4 aromatic rings. The second kappa shape index (κ2) is 10.2. The summed E-state index contributed by atoms with van der Waals surface area (Å²) in [6.45, 7) is 4.58. The average molecular weight is 499 g/mol. The lowest BCUT2D eigenvalue weighted by molar-refractivity contribution is -0.134. The summed E-state index contributed by atoms with van der Waals surface area (Å²) >= 11 is 1.74. The number of methoxy groups -OCH3 is 1. The summed E-state index contributed by atoms with van der Waals surface area (Å²) in [5.41, 5.74) is 2.81. The molecule has 0 aliphatic carbocycles. The van der Waals surface area contributed by atoms with Gasteiger partial charge in [-0.2, -0.15) is 0 Å². The number of benzene rings is 3. The Morgan fingerprint density at radius 3 is 2.50 bits per heavy atom. The van der Waals surface area contributed by atoms with Crippen molar-refractivity contribution in [3.63, 3.8) is 0 Å². The van der Waals surface area contributed by atoms with E-state index >= 15 is 0 Å². The lowest BCUT2D eigenvalue weighted by Crippen LogP contribution is -2.48. The van der Waals surface area contributed by atoms with E-state index in [9.17, 15) is 9.59 Å². The maximum Gasteiger partial charge on any atom is 0.254 e. The molecule has 1 atom stereocenters. The molecule has 6 heteroatoms. The zero-order valence-electron chi connectivity index (χ0n) is 20.8. The number of ether oxygens (including phenoxy) is 1. The van der Waals surface area contributed by atoms with Gasteiger partial charge in [0.25, 0.3) is 5.91 Å². The molecule has 36 heavy (non-hydrogen) atoms. The van der Waals surface area contributed by atoms with E-state index < -0.39 is 0 Å². The first-order valence-electron chi connectivity index (χ1n) is 12.3. The maximum atomic E-state index is 13.8. The van der Waals surface area contributed by atoms with Crippen molar-refractivity contribution in [3.05, 3.63) is 99.7 Å². The van der Waals surface area contributed by atoms with E-state index in [1.807, 2.05) is 85.5 Å². The fourth-order valence-corrected chi connectivity index (χ4v) is 5.85. The van der Waals surface area contributed by atoms with Crippen molar-refractivity contribution in [2.24, 2.45) is 0 Å². The molecule has 0 fully saturated rings. The molecule has 0 bridgehead atoms. The Kier molecular flexibility index (Phi) is 6.79. The van der Waals surface area contributed by atoms with Crippen LogP contribution in [0.2, 0.25) is 0 Å². The van der Waals surface area contributed by atoms with Crippen molar-refractivity contribution < 1.29 is 14.3 Å². The summed E-state index contributed by atoms with van der Waals surface area (Å²) in [6.07, 6.45) is 0.825. The third-order valence-electron chi connectivity index (χ3n) is 6.90. The molecule has 1 aliphatic rings. The lowest BCUT2D eigenvalue weighted by Gasteiger charge is -2.38. The van der Waals surface area contributed by atoms with Crippen LogP contribution < -0.4 is 4.74 Å². The fourth-order valence-electron chi connectivity index (χ4n) is 4.94. The molecule has 3 aromatic carbocycles. The summed E-state index contributed by atoms with van der Waals surface area (Å²) in [4.78, 5) is 32.3. The van der Waals surface area contributed by atoms with Crippen LogP contribution in [0.1, 0.15) is 46.3 Å². The zero-order valence-corrected chi connectivity index (χ0v) is 21.6. The predicted octanol–water partition coefficient (Wildman–Crippen LogP) is 5.93. The minimum Gasteiger partial charge on any atom is -0.497 e. The SMILES string of the molecule is COc1ccc(C2c3ccsc3CCN2C(=O)CN(C(=O)c2ccc3ccccc3c2)C(C)C)cc1. The van der Waals surface area contributed by atoms with Gasteiger partial charge in [0, 0.05) is 23.0 Å². The molecule has 1 aromatic heterocycles. The van der Waals surface area contributed by atoms with Crippen molar-refractivity contribution in [3.8, 4) is 5.75 Å². The molecular weight excluding hydrogens is 468 g/mol. The molecule has 1 unspecified atom stereocenters. The van der Waals surface area contributed by atoms with Gasteiger partial charge in [-0.05, 0) is 77.9 Å². The van der Waals surface area contributed by atoms with Gasteiger partial charge >= 0.3 is 0 Å². The van der Waals surface area contributed by atoms with Crippen LogP contribution in [0.4, 0.5) is 0 Å². The Bertz CT molecular complexity index is 1390. The normalized spacial score (nSPS) is 15.1. The Labute approximate surface area is 215 Å². The molecule has 5 nitrogen and oxygen atoms in total. The third kappa shape index (κ3) is 4.61. The first-order valence-corrected chi connectivity index (χ1v) is 13.1. The molecular formula is C30H30N2O3S. The van der Waals surface area contributed by atoms with E-state index in [2.05, 4.69) is 11.4 Å². The van der Waals surface area contributed by atoms with Crippen LogP contribution in [0.3, 0.4) is 0 Å². The molecule has 0 spiro atoms. The summed E-state index contributed by atoms with van der Waals surface area (Å²) < 4.78 is 5.34. The monoisotopic (exact) mass is 498 g/mol. The highest BCUT2D eigenvalue weighted by atomic mass is 32.1. The number of nitrogens with zero attached hydrogens (tertiary/aromatic N) is 2. The second-order valence-electron chi connectivity index (χ2n) is 9.40. The van der Waals surface area contributed by atoms with Crippen LogP contribution in [0.15, 0.2) is 78.2 Å². The van der Waals surface area contributed by atoms with Gasteiger partial charge in [-0.15, -0.1) is 11.3 Å². The van der Waals surface area contributed by atoms with E-state index in [1.54, 1.807) is 23.3 Å². The first kappa shape index (κ1) is 24.1. The van der Waals surface area contributed by atoms with Gasteiger partial charge in [0.15, 0.2) is 0 Å². The van der Waals surface area contributed by atoms with Gasteiger partial charge in [-0.1, -0.05) is 42.5 Å². The molecule has 0 radical (unpaired) electrons. The highest BCUT2D eigenvalue weighted by Gasteiger charge is 2.34. The van der Waals surface area contributed by atoms with Gasteiger partial charge < -0.3 is 14.5 Å². The number of hydrogen-bond donors (Lipinski definition) is 0. The minimum absolute atomic E-state index is 0.0372. The number of rotatable bonds is 6. The van der Waals surface area contributed by atoms with Gasteiger partial charge in [0.2, 0.25) is 5.91 Å². The van der Waals surface area contributed by atoms with Crippen LogP contribution in [0, 0.1) is 0 Å². The average Bonchev–Trinajstić information content (AvgIpc) is 3.39. The number of fused-ring (bicyclic) bond motifs is 2. The largest absolute Gasteiger partial charge is 0.497 e. The predicted molar refractivity (Wildman–Crippen MR) is 145 cm³/mol. The van der Waals surface area contributed by atoms with E-state index in [0.29, 0.717) is 12.1 Å². The van der Waals surface area contributed by atoms with Gasteiger partial charge in [0.05, 0.1) is 13.2 Å². The van der Waals surface area contributed by atoms with Crippen molar-refractivity contribution in [1.29, 1.82) is 0 Å². The highest BCUT2D eigenvalue weighted by Crippen LogP contribution is 2.38. The number of carbonyl (C=O) groups excluding carboxylic acids is 2. The third-order valence-corrected chi connectivity index (χ3v) is 7.90. The summed E-state index contributed by atoms with van der Waals surface area (Å²) in [5, 5.41) is 4.20. The van der Waals surface area contributed by atoms with E-state index in [1.165, 1.54) is 10.4 Å². The smallest absolute Gasteiger partial charge is 0.254 e. The molecule has 0 N–H and O–H groups in total. The van der Waals surface area contributed by atoms with Crippen molar-refractivity contribution in [1.82, 2.24) is 9.80 Å². The number of hydrogen-bond acceptors (Lipinski definition) is 4. The van der Waals surface area contributed by atoms with Gasteiger partial charge in [-0.25, -0.2) is 0 Å². The second-order valence-corrected chi connectivity index (χ2v) is 10.4. The molecule has 2 amide bonds. The Hall–Kier alpha value is -3.64. The highest BCUT2D eigenvalue weighted by molar-refractivity contribution is 7.10. The number of carbonyl (C=O) groups is 2. The van der Waals surface area contributed by atoms with Crippen LogP contribution in [-0.4, -0.2) is 47.9 Å². The zero-order chi connectivity index (χ0) is 25.2. The van der Waals surface area contributed by atoms with Crippen LogP contribution >= 0.6 is 11.3 Å². The molecule has 5 rings (SSSR count). The topological polar surface area (TPSA) is 49.9 Å². The quantitative estimate of drug-likeness (QED) is 0.331.